The summed E-state index contributed by atoms with van der Waals surface area (Å²) < 4.78 is 0. The van der Waals surface area contributed by atoms with Crippen LogP contribution in [0.2, 0.25) is 0 Å². The van der Waals surface area contributed by atoms with Crippen LogP contribution in [0, 0.1) is 0 Å². The van der Waals surface area contributed by atoms with Crippen molar-refractivity contribution in [2.24, 2.45) is 0 Å². The van der Waals surface area contributed by atoms with Crippen molar-refractivity contribution in [3.63, 3.8) is 0 Å². The van der Waals surface area contributed by atoms with Gasteiger partial charge in [0, 0.05) is 18.6 Å². The maximum atomic E-state index is 11.5. The highest BCUT2D eigenvalue weighted by atomic mass is 16.2. The molecular weight excluding hydrogens is 190 g/mol. The van der Waals surface area contributed by atoms with Crippen molar-refractivity contribution < 1.29 is 4.79 Å². The Kier molecular flexibility index (Phi) is 6.52. The molecule has 0 spiro atoms. The number of likely N-dealkylation sites (N-methyl/N-ethyl adjacent to an activating group) is 1. The second-order valence-corrected chi connectivity index (χ2v) is 4.61. The van der Waals surface area contributed by atoms with Gasteiger partial charge in [0.1, 0.15) is 0 Å². The number of hydrogen-bond donors (Lipinski definition) is 2. The Morgan fingerprint density at radius 2 is 1.73 bits per heavy atom. The average Bonchev–Trinajstić information content (AvgIpc) is 2.12. The van der Waals surface area contributed by atoms with Gasteiger partial charge in [-0.2, -0.15) is 0 Å². The predicted octanol–water partition coefficient (Wildman–Crippen LogP) is 0.439. The zero-order valence-corrected chi connectivity index (χ0v) is 10.8. The molecule has 2 unspecified atom stereocenters. The lowest BCUT2D eigenvalue weighted by molar-refractivity contribution is -0.123. The van der Waals surface area contributed by atoms with E-state index in [1.165, 1.54) is 0 Å². The van der Waals surface area contributed by atoms with Crippen molar-refractivity contribution in [2.45, 2.75) is 45.8 Å². The maximum Gasteiger partial charge on any atom is 0.237 e. The van der Waals surface area contributed by atoms with Gasteiger partial charge in [0.05, 0.1) is 6.04 Å². The Balaban J connectivity index is 3.83. The van der Waals surface area contributed by atoms with Gasteiger partial charge >= 0.3 is 0 Å². The number of nitrogens with zero attached hydrogens (tertiary/aromatic N) is 1. The van der Waals surface area contributed by atoms with E-state index in [0.717, 1.165) is 6.54 Å². The number of rotatable bonds is 6. The fraction of sp³-hybridized carbons (Fsp3) is 0.909. The van der Waals surface area contributed by atoms with Gasteiger partial charge in [-0.25, -0.2) is 0 Å². The third-order valence-electron chi connectivity index (χ3n) is 2.43. The van der Waals surface area contributed by atoms with Gasteiger partial charge in [-0.05, 0) is 41.8 Å². The highest BCUT2D eigenvalue weighted by molar-refractivity contribution is 5.81. The molecule has 0 saturated carbocycles. The fourth-order valence-corrected chi connectivity index (χ4v) is 1.03. The second kappa shape index (κ2) is 6.80. The topological polar surface area (TPSA) is 44.4 Å². The molecule has 0 aromatic rings. The van der Waals surface area contributed by atoms with E-state index in [1.807, 2.05) is 34.9 Å². The minimum atomic E-state index is -0.130. The maximum absolute atomic E-state index is 11.5. The van der Waals surface area contributed by atoms with Crippen LogP contribution in [0.25, 0.3) is 0 Å². The summed E-state index contributed by atoms with van der Waals surface area (Å²) >= 11 is 0. The molecular formula is C11H25N3O. The van der Waals surface area contributed by atoms with Gasteiger partial charge in [-0.15, -0.1) is 0 Å². The van der Waals surface area contributed by atoms with Crippen LogP contribution in [0.4, 0.5) is 0 Å². The first kappa shape index (κ1) is 14.4. The third kappa shape index (κ3) is 6.47. The molecule has 0 aromatic carbocycles. The summed E-state index contributed by atoms with van der Waals surface area (Å²) in [6.45, 7) is 8.76. The summed E-state index contributed by atoms with van der Waals surface area (Å²) in [6, 6.07) is 0.502. The number of carbonyl (C=O) groups is 1. The van der Waals surface area contributed by atoms with Gasteiger partial charge in [-0.3, -0.25) is 4.79 Å². The zero-order valence-electron chi connectivity index (χ0n) is 10.8. The van der Waals surface area contributed by atoms with Gasteiger partial charge in [0.2, 0.25) is 5.91 Å². The SMILES string of the molecule is CC(C)NC(=O)C(C)NCC(C)N(C)C. The van der Waals surface area contributed by atoms with Crippen LogP contribution in [-0.2, 0) is 4.79 Å². The molecule has 0 aliphatic rings. The Morgan fingerprint density at radius 1 is 1.20 bits per heavy atom. The summed E-state index contributed by atoms with van der Waals surface area (Å²) in [5, 5.41) is 6.10. The minimum Gasteiger partial charge on any atom is -0.353 e. The number of hydrogen-bond acceptors (Lipinski definition) is 3. The number of amides is 1. The predicted molar refractivity (Wildman–Crippen MR) is 63.9 cm³/mol. The van der Waals surface area contributed by atoms with Gasteiger partial charge in [0.25, 0.3) is 0 Å². The van der Waals surface area contributed by atoms with Gasteiger partial charge < -0.3 is 15.5 Å². The molecule has 0 radical (unpaired) electrons. The molecule has 0 saturated heterocycles. The van der Waals surface area contributed by atoms with Crippen LogP contribution in [0.3, 0.4) is 0 Å². The summed E-state index contributed by atoms with van der Waals surface area (Å²) in [7, 11) is 4.07. The lowest BCUT2D eigenvalue weighted by atomic mass is 10.2. The van der Waals surface area contributed by atoms with Crippen LogP contribution in [0.1, 0.15) is 27.7 Å². The first-order chi connectivity index (χ1) is 6.84. The molecule has 90 valence electrons. The van der Waals surface area contributed by atoms with Crippen LogP contribution in [-0.4, -0.2) is 49.6 Å². The molecule has 0 fully saturated rings. The minimum absolute atomic E-state index is 0.0657. The molecule has 0 bridgehead atoms. The molecule has 2 N–H and O–H groups in total. The summed E-state index contributed by atoms with van der Waals surface area (Å²) in [4.78, 5) is 13.7. The first-order valence-electron chi connectivity index (χ1n) is 5.54. The van der Waals surface area contributed by atoms with Crippen LogP contribution in [0.15, 0.2) is 0 Å². The van der Waals surface area contributed by atoms with Crippen LogP contribution in [0.5, 0.6) is 0 Å². The molecule has 0 aliphatic carbocycles. The van der Waals surface area contributed by atoms with Crippen molar-refractivity contribution in [3.8, 4) is 0 Å². The average molecular weight is 215 g/mol. The van der Waals surface area contributed by atoms with Crippen LogP contribution < -0.4 is 10.6 Å². The Morgan fingerprint density at radius 3 is 2.13 bits per heavy atom. The molecule has 2 atom stereocenters. The number of nitrogens with one attached hydrogen (secondary N) is 2. The molecule has 4 nitrogen and oxygen atoms in total. The molecule has 0 aliphatic heterocycles. The van der Waals surface area contributed by atoms with Gasteiger partial charge in [0.15, 0.2) is 0 Å². The van der Waals surface area contributed by atoms with Crippen molar-refractivity contribution >= 4 is 5.91 Å². The Labute approximate surface area is 93.4 Å². The van der Waals surface area contributed by atoms with E-state index in [1.54, 1.807) is 0 Å². The van der Waals surface area contributed by atoms with E-state index in [0.29, 0.717) is 6.04 Å². The largest absolute Gasteiger partial charge is 0.353 e. The highest BCUT2D eigenvalue weighted by Crippen LogP contribution is 1.91. The fourth-order valence-electron chi connectivity index (χ4n) is 1.03. The van der Waals surface area contributed by atoms with E-state index in [9.17, 15) is 4.79 Å². The first-order valence-corrected chi connectivity index (χ1v) is 5.54. The van der Waals surface area contributed by atoms with Crippen molar-refractivity contribution in [2.75, 3.05) is 20.6 Å². The lowest BCUT2D eigenvalue weighted by Crippen LogP contribution is -2.48. The lowest BCUT2D eigenvalue weighted by Gasteiger charge is -2.23. The van der Waals surface area contributed by atoms with Crippen molar-refractivity contribution in [1.82, 2.24) is 15.5 Å². The van der Waals surface area contributed by atoms with E-state index >= 15 is 0 Å². The van der Waals surface area contributed by atoms with Crippen molar-refractivity contribution in [3.05, 3.63) is 0 Å². The molecule has 0 aromatic heterocycles. The molecule has 1 amide bonds. The smallest absolute Gasteiger partial charge is 0.237 e. The van der Waals surface area contributed by atoms with E-state index in [4.69, 9.17) is 0 Å². The molecule has 4 heteroatoms. The summed E-state index contributed by atoms with van der Waals surface area (Å²) in [6.07, 6.45) is 0. The standard InChI is InChI=1S/C11H25N3O/c1-8(2)13-11(15)10(4)12-7-9(3)14(5)6/h8-10,12H,7H2,1-6H3,(H,13,15). The quantitative estimate of drug-likeness (QED) is 0.676. The normalized spacial score (nSPS) is 15.5. The van der Waals surface area contributed by atoms with Gasteiger partial charge in [-0.1, -0.05) is 0 Å². The summed E-state index contributed by atoms with van der Waals surface area (Å²) in [5.74, 6) is 0.0657. The van der Waals surface area contributed by atoms with Crippen LogP contribution >= 0.6 is 0 Å². The van der Waals surface area contributed by atoms with Crippen molar-refractivity contribution in [1.29, 1.82) is 0 Å². The van der Waals surface area contributed by atoms with E-state index < -0.39 is 0 Å². The highest BCUT2D eigenvalue weighted by Gasteiger charge is 2.14. The molecule has 0 heterocycles. The third-order valence-corrected chi connectivity index (χ3v) is 2.43. The van der Waals surface area contributed by atoms with E-state index in [2.05, 4.69) is 22.5 Å². The Bertz CT molecular complexity index is 192. The summed E-state index contributed by atoms with van der Waals surface area (Å²) in [5.41, 5.74) is 0. The zero-order chi connectivity index (χ0) is 12.0. The molecule has 0 rings (SSSR count). The van der Waals surface area contributed by atoms with E-state index in [-0.39, 0.29) is 18.0 Å². The number of carbonyl (C=O) groups excluding carboxylic acids is 1. The monoisotopic (exact) mass is 215 g/mol. The molecule has 15 heavy (non-hydrogen) atoms. The Hall–Kier alpha value is -0.610. The second-order valence-electron chi connectivity index (χ2n) is 4.61.